The van der Waals surface area contributed by atoms with Gasteiger partial charge in [-0.05, 0) is 31.0 Å². The molecule has 0 aliphatic carbocycles. The minimum Gasteiger partial charge on any atom is -0.359 e. The average molecular weight is 292 g/mol. The summed E-state index contributed by atoms with van der Waals surface area (Å²) in [6.45, 7) is 1.49. The molecule has 6 heteroatoms. The van der Waals surface area contributed by atoms with Crippen molar-refractivity contribution in [2.75, 3.05) is 18.4 Å². The van der Waals surface area contributed by atoms with Gasteiger partial charge in [0.1, 0.15) is 5.69 Å². The Morgan fingerprint density at radius 3 is 2.80 bits per heavy atom. The summed E-state index contributed by atoms with van der Waals surface area (Å²) in [5.74, 6) is 0. The minimum atomic E-state index is -0.221. The van der Waals surface area contributed by atoms with E-state index in [0.29, 0.717) is 15.9 Å². The van der Waals surface area contributed by atoms with E-state index in [0.717, 1.165) is 25.9 Å². The first-order chi connectivity index (χ1) is 9.65. The Kier molecular flexibility index (Phi) is 3.36. The molecule has 2 heterocycles. The maximum atomic E-state index is 12.3. The molecule has 1 fully saturated rings. The lowest BCUT2D eigenvalue weighted by Crippen LogP contribution is -2.33. The third-order valence-electron chi connectivity index (χ3n) is 3.48. The molecule has 1 saturated heterocycles. The first-order valence-corrected chi connectivity index (χ1v) is 6.90. The second-order valence-electron chi connectivity index (χ2n) is 4.85. The minimum absolute atomic E-state index is 0.206. The van der Waals surface area contributed by atoms with Crippen LogP contribution in [0.2, 0.25) is 5.02 Å². The molecule has 5 nitrogen and oxygen atoms in total. The van der Waals surface area contributed by atoms with Crippen LogP contribution in [0.4, 0.5) is 10.5 Å². The fourth-order valence-electron chi connectivity index (χ4n) is 2.40. The van der Waals surface area contributed by atoms with Crippen LogP contribution < -0.4 is 10.7 Å². The van der Waals surface area contributed by atoms with Gasteiger partial charge in [-0.25, -0.2) is 4.79 Å². The van der Waals surface area contributed by atoms with Crippen LogP contribution >= 0.6 is 11.6 Å². The number of nitrogens with zero attached hydrogens (tertiary/aromatic N) is 1. The molecule has 0 bridgehead atoms. The number of nitrogens with one attached hydrogen (secondary N) is 2. The Morgan fingerprint density at radius 1 is 1.30 bits per heavy atom. The second-order valence-corrected chi connectivity index (χ2v) is 5.28. The fourth-order valence-corrected chi connectivity index (χ4v) is 2.57. The van der Waals surface area contributed by atoms with E-state index >= 15 is 0 Å². The molecule has 0 radical (unpaired) electrons. The normalized spacial score (nSPS) is 14.8. The zero-order chi connectivity index (χ0) is 14.1. The summed E-state index contributed by atoms with van der Waals surface area (Å²) in [4.78, 5) is 29.0. The largest absolute Gasteiger partial charge is 0.359 e. The lowest BCUT2D eigenvalue weighted by molar-refractivity contribution is 0.222. The lowest BCUT2D eigenvalue weighted by atomic mass is 10.2. The molecule has 3 rings (SSSR count). The molecule has 1 aromatic carbocycles. The number of aromatic nitrogens is 1. The Balaban J connectivity index is 1.92. The molecule has 0 saturated carbocycles. The number of hydrogen-bond donors (Lipinski definition) is 2. The first kappa shape index (κ1) is 13.0. The standard InChI is InChI=1S/C14H14ClN3O2/c15-9-3-4-10-11(7-9)16-8-12(13(10)19)17-14(20)18-5-1-2-6-18/h3-4,7-8H,1-2,5-6H2,(H,16,19)(H,17,20). The van der Waals surface area contributed by atoms with Crippen LogP contribution in [0.5, 0.6) is 0 Å². The van der Waals surface area contributed by atoms with E-state index in [1.54, 1.807) is 23.1 Å². The molecular formula is C14H14ClN3O2. The average Bonchev–Trinajstić information content (AvgIpc) is 2.96. The summed E-state index contributed by atoms with van der Waals surface area (Å²) in [5.41, 5.74) is 0.710. The van der Waals surface area contributed by atoms with E-state index in [-0.39, 0.29) is 17.1 Å². The first-order valence-electron chi connectivity index (χ1n) is 6.52. The maximum Gasteiger partial charge on any atom is 0.321 e. The summed E-state index contributed by atoms with van der Waals surface area (Å²) in [5, 5.41) is 3.73. The number of amides is 2. The van der Waals surface area contributed by atoms with E-state index in [4.69, 9.17) is 11.6 Å². The fraction of sp³-hybridized carbons (Fsp3) is 0.286. The Bertz CT molecular complexity index is 720. The van der Waals surface area contributed by atoms with Crippen molar-refractivity contribution in [3.05, 3.63) is 39.6 Å². The van der Waals surface area contributed by atoms with Crippen molar-refractivity contribution >= 4 is 34.2 Å². The number of urea groups is 1. The SMILES string of the molecule is O=C(Nc1c[nH]c2cc(Cl)ccc2c1=O)N1CCCC1. The number of hydrogen-bond acceptors (Lipinski definition) is 2. The monoisotopic (exact) mass is 291 g/mol. The number of benzene rings is 1. The van der Waals surface area contributed by atoms with Crippen LogP contribution in [0.15, 0.2) is 29.2 Å². The van der Waals surface area contributed by atoms with Crippen LogP contribution in [0.1, 0.15) is 12.8 Å². The topological polar surface area (TPSA) is 65.2 Å². The highest BCUT2D eigenvalue weighted by Gasteiger charge is 2.19. The number of pyridine rings is 1. The summed E-state index contributed by atoms with van der Waals surface area (Å²) >= 11 is 5.88. The highest BCUT2D eigenvalue weighted by molar-refractivity contribution is 6.31. The molecule has 1 aromatic heterocycles. The van der Waals surface area contributed by atoms with Gasteiger partial charge in [0.15, 0.2) is 0 Å². The molecule has 2 aromatic rings. The quantitative estimate of drug-likeness (QED) is 0.848. The van der Waals surface area contributed by atoms with Crippen molar-refractivity contribution in [1.82, 2.24) is 9.88 Å². The van der Waals surface area contributed by atoms with Crippen LogP contribution in [0, 0.1) is 0 Å². The van der Waals surface area contributed by atoms with E-state index in [9.17, 15) is 9.59 Å². The number of carbonyl (C=O) groups excluding carboxylic acids is 1. The van der Waals surface area contributed by atoms with Gasteiger partial charge in [-0.1, -0.05) is 11.6 Å². The number of aromatic amines is 1. The number of rotatable bonds is 1. The Hall–Kier alpha value is -2.01. The van der Waals surface area contributed by atoms with Gasteiger partial charge in [0.2, 0.25) is 5.43 Å². The number of carbonyl (C=O) groups is 1. The summed E-state index contributed by atoms with van der Waals surface area (Å²) in [6.07, 6.45) is 3.54. The summed E-state index contributed by atoms with van der Waals surface area (Å²) in [6, 6.07) is 4.78. The maximum absolute atomic E-state index is 12.3. The summed E-state index contributed by atoms with van der Waals surface area (Å²) in [7, 11) is 0. The number of likely N-dealkylation sites (tertiary alicyclic amines) is 1. The van der Waals surface area contributed by atoms with Crippen LogP contribution in [-0.2, 0) is 0 Å². The Morgan fingerprint density at radius 2 is 2.05 bits per heavy atom. The van der Waals surface area contributed by atoms with Gasteiger partial charge < -0.3 is 15.2 Å². The predicted molar refractivity (Wildman–Crippen MR) is 79.4 cm³/mol. The molecule has 2 amide bonds. The number of fused-ring (bicyclic) bond motifs is 1. The number of anilines is 1. The van der Waals surface area contributed by atoms with Crippen molar-refractivity contribution in [2.45, 2.75) is 12.8 Å². The van der Waals surface area contributed by atoms with Gasteiger partial charge in [-0.2, -0.15) is 0 Å². The molecule has 1 aliphatic heterocycles. The molecule has 0 spiro atoms. The second kappa shape index (κ2) is 5.17. The molecule has 0 atom stereocenters. The Labute approximate surface area is 120 Å². The molecule has 1 aliphatic rings. The van der Waals surface area contributed by atoms with Gasteiger partial charge in [-0.3, -0.25) is 4.79 Å². The molecular weight excluding hydrogens is 278 g/mol. The predicted octanol–water partition coefficient (Wildman–Crippen LogP) is 2.81. The van der Waals surface area contributed by atoms with Crippen LogP contribution in [0.3, 0.4) is 0 Å². The highest BCUT2D eigenvalue weighted by Crippen LogP contribution is 2.17. The van der Waals surface area contributed by atoms with E-state index in [1.165, 1.54) is 6.20 Å². The van der Waals surface area contributed by atoms with E-state index < -0.39 is 0 Å². The van der Waals surface area contributed by atoms with Crippen LogP contribution in [-0.4, -0.2) is 29.0 Å². The highest BCUT2D eigenvalue weighted by atomic mass is 35.5. The molecule has 104 valence electrons. The zero-order valence-electron chi connectivity index (χ0n) is 10.8. The van der Waals surface area contributed by atoms with Gasteiger partial charge in [0, 0.05) is 29.7 Å². The van der Waals surface area contributed by atoms with E-state index in [1.807, 2.05) is 0 Å². The number of H-pyrrole nitrogens is 1. The van der Waals surface area contributed by atoms with Gasteiger partial charge in [0.25, 0.3) is 0 Å². The summed E-state index contributed by atoms with van der Waals surface area (Å²) < 4.78 is 0. The van der Waals surface area contributed by atoms with Crippen molar-refractivity contribution in [3.8, 4) is 0 Å². The molecule has 20 heavy (non-hydrogen) atoms. The number of halogens is 1. The molecule has 2 N–H and O–H groups in total. The van der Waals surface area contributed by atoms with E-state index in [2.05, 4.69) is 10.3 Å². The van der Waals surface area contributed by atoms with Gasteiger partial charge in [0.05, 0.1) is 5.52 Å². The molecule has 0 unspecified atom stereocenters. The third kappa shape index (κ3) is 2.36. The van der Waals surface area contributed by atoms with Gasteiger partial charge >= 0.3 is 6.03 Å². The zero-order valence-corrected chi connectivity index (χ0v) is 11.5. The van der Waals surface area contributed by atoms with Gasteiger partial charge in [-0.15, -0.1) is 0 Å². The van der Waals surface area contributed by atoms with Crippen LogP contribution in [0.25, 0.3) is 10.9 Å². The van der Waals surface area contributed by atoms with Crippen molar-refractivity contribution < 1.29 is 4.79 Å². The smallest absolute Gasteiger partial charge is 0.321 e. The van der Waals surface area contributed by atoms with Crippen molar-refractivity contribution in [1.29, 1.82) is 0 Å². The van der Waals surface area contributed by atoms with Crippen molar-refractivity contribution in [3.63, 3.8) is 0 Å². The van der Waals surface area contributed by atoms with Crippen molar-refractivity contribution in [2.24, 2.45) is 0 Å². The lowest BCUT2D eigenvalue weighted by Gasteiger charge is -2.15. The third-order valence-corrected chi connectivity index (χ3v) is 3.71.